The zero-order chi connectivity index (χ0) is 24.4. The number of morpholine rings is 1. The van der Waals surface area contributed by atoms with Gasteiger partial charge in [-0.25, -0.2) is 0 Å². The Bertz CT molecular complexity index is 1080. The molecule has 8 nitrogen and oxygen atoms in total. The Morgan fingerprint density at radius 1 is 1.38 bits per heavy atom. The smallest absolute Gasteiger partial charge is 0.306 e. The highest BCUT2D eigenvalue weighted by atomic mass is 35.5. The SMILES string of the molecule is C=CC=C(C=C)C1C(C2=CCCC(Cl)=C2)OC(CC(=O)O)C(=O)N1C(c1nnc(C)o1)C1CC1. The first kappa shape index (κ1) is 24.2. The quantitative estimate of drug-likeness (QED) is 0.516. The van der Waals surface area contributed by atoms with Crippen LogP contribution in [0.15, 0.2) is 64.1 Å². The van der Waals surface area contributed by atoms with E-state index in [9.17, 15) is 14.7 Å². The number of aryl methyl sites for hydroxylation is 1. The third-order valence-corrected chi connectivity index (χ3v) is 6.55. The summed E-state index contributed by atoms with van der Waals surface area (Å²) < 4.78 is 12.0. The molecule has 180 valence electrons. The average molecular weight is 486 g/mol. The fourth-order valence-electron chi connectivity index (χ4n) is 4.66. The minimum Gasteiger partial charge on any atom is -0.481 e. The van der Waals surface area contributed by atoms with Gasteiger partial charge in [0.1, 0.15) is 18.2 Å². The van der Waals surface area contributed by atoms with Crippen LogP contribution in [0, 0.1) is 12.8 Å². The molecule has 1 saturated carbocycles. The summed E-state index contributed by atoms with van der Waals surface area (Å²) in [6.45, 7) is 9.46. The highest BCUT2D eigenvalue weighted by molar-refractivity contribution is 6.29. The summed E-state index contributed by atoms with van der Waals surface area (Å²) in [4.78, 5) is 27.2. The molecule has 4 unspecified atom stereocenters. The van der Waals surface area contributed by atoms with Gasteiger partial charge in [0, 0.05) is 12.0 Å². The van der Waals surface area contributed by atoms with Gasteiger partial charge in [0.25, 0.3) is 5.91 Å². The first-order chi connectivity index (χ1) is 16.3. The van der Waals surface area contributed by atoms with Gasteiger partial charge in [0.2, 0.25) is 11.8 Å². The summed E-state index contributed by atoms with van der Waals surface area (Å²) in [5, 5.41) is 18.4. The predicted octanol–water partition coefficient (Wildman–Crippen LogP) is 4.41. The lowest BCUT2D eigenvalue weighted by Crippen LogP contribution is -2.61. The fraction of sp³-hybridized carbons (Fsp3) is 0.440. The molecule has 9 heteroatoms. The van der Waals surface area contributed by atoms with E-state index in [0.29, 0.717) is 28.8 Å². The van der Waals surface area contributed by atoms with Crippen LogP contribution in [0.1, 0.15) is 49.9 Å². The molecule has 2 heterocycles. The van der Waals surface area contributed by atoms with Crippen molar-refractivity contribution in [2.45, 2.75) is 63.3 Å². The molecule has 3 aliphatic rings. The van der Waals surface area contributed by atoms with Crippen molar-refractivity contribution < 1.29 is 23.8 Å². The van der Waals surface area contributed by atoms with Crippen molar-refractivity contribution in [3.05, 3.63) is 71.5 Å². The van der Waals surface area contributed by atoms with Crippen LogP contribution in [0.4, 0.5) is 0 Å². The summed E-state index contributed by atoms with van der Waals surface area (Å²) in [5.41, 5.74) is 1.50. The van der Waals surface area contributed by atoms with Crippen molar-refractivity contribution in [3.63, 3.8) is 0 Å². The van der Waals surface area contributed by atoms with Gasteiger partial charge in [-0.05, 0) is 48.8 Å². The normalized spacial score (nSPS) is 26.5. The highest BCUT2D eigenvalue weighted by Gasteiger charge is 2.53. The third-order valence-electron chi connectivity index (χ3n) is 6.25. The molecule has 1 N–H and O–H groups in total. The molecule has 34 heavy (non-hydrogen) atoms. The number of halogens is 1. The maximum Gasteiger partial charge on any atom is 0.306 e. The molecule has 0 spiro atoms. The number of amides is 1. The molecule has 4 rings (SSSR count). The summed E-state index contributed by atoms with van der Waals surface area (Å²) in [6.07, 6.45) is 9.85. The average Bonchev–Trinajstić information content (AvgIpc) is 3.54. The van der Waals surface area contributed by atoms with E-state index in [4.69, 9.17) is 20.8 Å². The van der Waals surface area contributed by atoms with E-state index >= 15 is 0 Å². The lowest BCUT2D eigenvalue weighted by Gasteiger charge is -2.48. The van der Waals surface area contributed by atoms with Crippen LogP contribution in [0.3, 0.4) is 0 Å². The van der Waals surface area contributed by atoms with E-state index in [1.807, 2.05) is 12.2 Å². The molecule has 4 atom stereocenters. The predicted molar refractivity (Wildman–Crippen MR) is 126 cm³/mol. The van der Waals surface area contributed by atoms with Crippen molar-refractivity contribution in [2.75, 3.05) is 0 Å². The summed E-state index contributed by atoms with van der Waals surface area (Å²) in [5.74, 6) is -0.707. The number of aromatic nitrogens is 2. The maximum absolute atomic E-state index is 13.8. The lowest BCUT2D eigenvalue weighted by atomic mass is 9.86. The maximum atomic E-state index is 13.8. The molecule has 0 aromatic carbocycles. The van der Waals surface area contributed by atoms with Crippen molar-refractivity contribution in [1.82, 2.24) is 15.1 Å². The highest BCUT2D eigenvalue weighted by Crippen LogP contribution is 2.48. The van der Waals surface area contributed by atoms with E-state index in [0.717, 1.165) is 24.8 Å². The van der Waals surface area contributed by atoms with Gasteiger partial charge in [-0.15, -0.1) is 10.2 Å². The van der Waals surface area contributed by atoms with Gasteiger partial charge in [-0.2, -0.15) is 0 Å². The van der Waals surface area contributed by atoms with E-state index in [-0.39, 0.29) is 5.92 Å². The molecule has 0 radical (unpaired) electrons. The number of carbonyl (C=O) groups excluding carboxylic acids is 1. The van der Waals surface area contributed by atoms with Crippen LogP contribution in [-0.2, 0) is 14.3 Å². The Hall–Kier alpha value is -2.97. The van der Waals surface area contributed by atoms with Gasteiger partial charge >= 0.3 is 5.97 Å². The standard InChI is InChI=1S/C25H28ClN3O5/c1-4-7-15(5-2)21-23(17-8-6-9-18(26)12-17)34-19(13-20(30)31)25(32)29(21)22(16-10-11-16)24-28-27-14(3)33-24/h4-5,7-8,12,16,19,21-23H,1-2,6,9-11,13H2,3H3,(H,30,31). The second kappa shape index (κ2) is 10.1. The molecule has 2 aliphatic carbocycles. The molecule has 1 aliphatic heterocycles. The lowest BCUT2D eigenvalue weighted by molar-refractivity contribution is -0.175. The van der Waals surface area contributed by atoms with Gasteiger partial charge in [-0.1, -0.05) is 49.1 Å². The Balaban J connectivity index is 1.88. The second-order valence-corrected chi connectivity index (χ2v) is 9.20. The fourth-order valence-corrected chi connectivity index (χ4v) is 4.90. The Labute approximate surface area is 203 Å². The van der Waals surface area contributed by atoms with Crippen LogP contribution < -0.4 is 0 Å². The minimum atomic E-state index is -1.17. The molecule has 1 aromatic heterocycles. The number of aliphatic carboxylic acids is 1. The Kier molecular flexibility index (Phi) is 7.19. The van der Waals surface area contributed by atoms with Crippen LogP contribution in [0.25, 0.3) is 0 Å². The van der Waals surface area contributed by atoms with Gasteiger partial charge < -0.3 is 19.2 Å². The number of carboxylic acids is 1. The zero-order valence-electron chi connectivity index (χ0n) is 19.0. The van der Waals surface area contributed by atoms with Crippen molar-refractivity contribution >= 4 is 23.5 Å². The van der Waals surface area contributed by atoms with Crippen LogP contribution in [-0.4, -0.2) is 50.3 Å². The molecular weight excluding hydrogens is 458 g/mol. The summed E-state index contributed by atoms with van der Waals surface area (Å²) in [6, 6.07) is -1.13. The largest absolute Gasteiger partial charge is 0.481 e. The van der Waals surface area contributed by atoms with Gasteiger partial charge in [0.15, 0.2) is 0 Å². The summed E-state index contributed by atoms with van der Waals surface area (Å²) in [7, 11) is 0. The number of carboxylic acid groups (broad SMARTS) is 1. The van der Waals surface area contributed by atoms with E-state index < -0.39 is 42.6 Å². The Morgan fingerprint density at radius 2 is 2.15 bits per heavy atom. The number of rotatable bonds is 9. The number of nitrogens with zero attached hydrogens (tertiary/aromatic N) is 3. The molecular formula is C25H28ClN3O5. The molecule has 0 bridgehead atoms. The van der Waals surface area contributed by atoms with Crippen LogP contribution >= 0.6 is 11.6 Å². The third kappa shape index (κ3) is 4.93. The number of hydrogen-bond donors (Lipinski definition) is 1. The monoisotopic (exact) mass is 485 g/mol. The summed E-state index contributed by atoms with van der Waals surface area (Å²) >= 11 is 6.37. The Morgan fingerprint density at radius 3 is 2.71 bits per heavy atom. The van der Waals surface area contributed by atoms with Crippen LogP contribution in [0.2, 0.25) is 0 Å². The topological polar surface area (TPSA) is 106 Å². The number of carbonyl (C=O) groups is 2. The van der Waals surface area contributed by atoms with E-state index in [1.165, 1.54) is 0 Å². The van der Waals surface area contributed by atoms with E-state index in [1.54, 1.807) is 30.1 Å². The number of ether oxygens (including phenoxy) is 1. The first-order valence-corrected chi connectivity index (χ1v) is 11.7. The van der Waals surface area contributed by atoms with E-state index in [2.05, 4.69) is 23.4 Å². The number of allylic oxidation sites excluding steroid dienone is 4. The van der Waals surface area contributed by atoms with Gasteiger partial charge in [-0.3, -0.25) is 9.59 Å². The number of hydrogen-bond acceptors (Lipinski definition) is 6. The second-order valence-electron chi connectivity index (χ2n) is 8.72. The minimum absolute atomic E-state index is 0.116. The van der Waals surface area contributed by atoms with Crippen molar-refractivity contribution in [2.24, 2.45) is 5.92 Å². The molecule has 1 aromatic rings. The first-order valence-electron chi connectivity index (χ1n) is 11.3. The van der Waals surface area contributed by atoms with Crippen molar-refractivity contribution in [1.29, 1.82) is 0 Å². The molecule has 2 fully saturated rings. The van der Waals surface area contributed by atoms with Crippen LogP contribution in [0.5, 0.6) is 0 Å². The van der Waals surface area contributed by atoms with Gasteiger partial charge in [0.05, 0.1) is 12.5 Å². The molecule has 1 saturated heterocycles. The molecule has 1 amide bonds. The van der Waals surface area contributed by atoms with Crippen molar-refractivity contribution in [3.8, 4) is 0 Å². The zero-order valence-corrected chi connectivity index (χ0v) is 19.8.